The highest BCUT2D eigenvalue weighted by molar-refractivity contribution is 6.12. The maximum atomic E-state index is 15.1. The first kappa shape index (κ1) is 38.6. The average molecular weight is 821 g/mol. The minimum atomic E-state index is -0.382. The van der Waals surface area contributed by atoms with Gasteiger partial charge in [0.1, 0.15) is 5.82 Å². The van der Waals surface area contributed by atoms with Crippen molar-refractivity contribution in [2.45, 2.75) is 0 Å². The molecular weight excluding hydrogens is 792 g/mol. The van der Waals surface area contributed by atoms with E-state index >= 15 is 4.39 Å². The van der Waals surface area contributed by atoms with Gasteiger partial charge in [0, 0.05) is 33.0 Å². The zero-order chi connectivity index (χ0) is 43.7. The summed E-state index contributed by atoms with van der Waals surface area (Å²) in [5, 5.41) is 41.2. The molecule has 0 fully saturated rings. The van der Waals surface area contributed by atoms with E-state index in [9.17, 15) is 21.0 Å². The molecule has 64 heavy (non-hydrogen) atoms. The van der Waals surface area contributed by atoms with Crippen LogP contribution in [-0.4, -0.2) is 19.5 Å². The quantitative estimate of drug-likeness (QED) is 0.156. The first-order valence-electron chi connectivity index (χ1n) is 20.2. The van der Waals surface area contributed by atoms with Crippen molar-refractivity contribution in [3.8, 4) is 97.5 Å². The van der Waals surface area contributed by atoms with Crippen LogP contribution in [0.15, 0.2) is 176 Å². The van der Waals surface area contributed by atoms with Crippen molar-refractivity contribution in [1.82, 2.24) is 19.5 Å². The molecular formula is C55H29FN8. The fourth-order valence-electron chi connectivity index (χ4n) is 8.23. The predicted molar refractivity (Wildman–Crippen MR) is 246 cm³/mol. The van der Waals surface area contributed by atoms with Gasteiger partial charge in [-0.25, -0.2) is 19.3 Å². The van der Waals surface area contributed by atoms with Crippen LogP contribution < -0.4 is 0 Å². The number of rotatable bonds is 7. The number of halogens is 1. The molecule has 9 heteroatoms. The molecule has 0 unspecified atom stereocenters. The summed E-state index contributed by atoms with van der Waals surface area (Å²) in [5.41, 5.74) is 10.5. The lowest BCUT2D eigenvalue weighted by molar-refractivity contribution is 0.628. The van der Waals surface area contributed by atoms with E-state index in [-0.39, 0.29) is 5.82 Å². The lowest BCUT2D eigenvalue weighted by Gasteiger charge is -2.17. The molecule has 0 radical (unpaired) electrons. The molecule has 0 aliphatic carbocycles. The molecule has 10 aromatic rings. The number of nitrogens with zero attached hydrogens (tertiary/aromatic N) is 8. The summed E-state index contributed by atoms with van der Waals surface area (Å²) in [4.78, 5) is 15.0. The van der Waals surface area contributed by atoms with Gasteiger partial charge in [0.2, 0.25) is 0 Å². The van der Waals surface area contributed by atoms with Crippen molar-refractivity contribution in [2.75, 3.05) is 0 Å². The first-order chi connectivity index (χ1) is 31.4. The van der Waals surface area contributed by atoms with Crippen LogP contribution >= 0.6 is 0 Å². The summed E-state index contributed by atoms with van der Waals surface area (Å²) < 4.78 is 17.2. The maximum absolute atomic E-state index is 15.1. The van der Waals surface area contributed by atoms with Crippen molar-refractivity contribution in [2.24, 2.45) is 0 Å². The molecule has 2 aromatic heterocycles. The Kier molecular flexibility index (Phi) is 9.75. The fraction of sp³-hybridized carbons (Fsp3) is 0. The predicted octanol–water partition coefficient (Wildman–Crippen LogP) is 12.6. The summed E-state index contributed by atoms with van der Waals surface area (Å²) >= 11 is 0. The van der Waals surface area contributed by atoms with Gasteiger partial charge in [0.15, 0.2) is 17.5 Å². The summed E-state index contributed by atoms with van der Waals surface area (Å²) in [7, 11) is 0. The highest BCUT2D eigenvalue weighted by atomic mass is 19.1. The van der Waals surface area contributed by atoms with E-state index in [2.05, 4.69) is 28.8 Å². The summed E-state index contributed by atoms with van der Waals surface area (Å²) in [6.07, 6.45) is 0. The van der Waals surface area contributed by atoms with Crippen LogP contribution in [0.25, 0.3) is 95.0 Å². The summed E-state index contributed by atoms with van der Waals surface area (Å²) in [6, 6.07) is 62.7. The Balaban J connectivity index is 1.27. The topological polar surface area (TPSA) is 139 Å². The molecule has 0 bridgehead atoms. The van der Waals surface area contributed by atoms with Crippen LogP contribution in [0.2, 0.25) is 0 Å². The van der Waals surface area contributed by atoms with Crippen molar-refractivity contribution in [1.29, 1.82) is 21.0 Å². The van der Waals surface area contributed by atoms with Gasteiger partial charge in [-0.15, -0.1) is 0 Å². The number of fused-ring (bicyclic) bond motifs is 3. The highest BCUT2D eigenvalue weighted by Gasteiger charge is 2.21. The van der Waals surface area contributed by atoms with Crippen LogP contribution in [-0.2, 0) is 0 Å². The van der Waals surface area contributed by atoms with Gasteiger partial charge in [-0.1, -0.05) is 109 Å². The van der Waals surface area contributed by atoms with Crippen molar-refractivity contribution in [3.63, 3.8) is 0 Å². The largest absolute Gasteiger partial charge is 0.309 e. The third-order valence-electron chi connectivity index (χ3n) is 11.3. The van der Waals surface area contributed by atoms with E-state index < -0.39 is 0 Å². The lowest BCUT2D eigenvalue weighted by atomic mass is 9.95. The van der Waals surface area contributed by atoms with Gasteiger partial charge in [0.05, 0.1) is 63.3 Å². The second-order valence-electron chi connectivity index (χ2n) is 15.0. The molecule has 8 nitrogen and oxygen atoms in total. The normalized spacial score (nSPS) is 10.8. The van der Waals surface area contributed by atoms with Crippen LogP contribution in [0.1, 0.15) is 22.3 Å². The van der Waals surface area contributed by atoms with Crippen LogP contribution in [0.3, 0.4) is 0 Å². The molecule has 296 valence electrons. The molecule has 0 saturated carbocycles. The Morgan fingerprint density at radius 2 is 0.828 bits per heavy atom. The summed E-state index contributed by atoms with van der Waals surface area (Å²) in [6.45, 7) is 0. The van der Waals surface area contributed by atoms with Crippen LogP contribution in [0, 0.1) is 51.1 Å². The Morgan fingerprint density at radius 1 is 0.375 bits per heavy atom. The molecule has 0 amide bonds. The van der Waals surface area contributed by atoms with Gasteiger partial charge in [-0.3, -0.25) is 0 Å². The maximum Gasteiger partial charge on any atom is 0.164 e. The Hall–Kier alpha value is -9.54. The third-order valence-corrected chi connectivity index (χ3v) is 11.3. The number of nitriles is 4. The van der Waals surface area contributed by atoms with E-state index in [0.717, 1.165) is 55.3 Å². The zero-order valence-electron chi connectivity index (χ0n) is 33.7. The Bertz CT molecular complexity index is 3490. The molecule has 10 rings (SSSR count). The van der Waals surface area contributed by atoms with E-state index in [1.165, 1.54) is 12.1 Å². The fourth-order valence-corrected chi connectivity index (χ4v) is 8.23. The molecule has 0 aliphatic rings. The van der Waals surface area contributed by atoms with Crippen LogP contribution in [0.4, 0.5) is 4.39 Å². The molecule has 8 aromatic carbocycles. The van der Waals surface area contributed by atoms with Crippen molar-refractivity contribution >= 4 is 21.8 Å². The highest BCUT2D eigenvalue weighted by Crippen LogP contribution is 2.42. The SMILES string of the molecule is N#Cc1ccc(-c2ccc3c(c2)c2cc(-c4ccc(C#N)cc4C#N)ccc2n3-c2cc(-c3nc(-c4ccccc4)nc(-c4ccccc4)n3)ccc2-c2cccc(F)c2)c(C#N)c1. The van der Waals surface area contributed by atoms with Crippen molar-refractivity contribution < 1.29 is 4.39 Å². The minimum Gasteiger partial charge on any atom is -0.309 e. The minimum absolute atomic E-state index is 0.363. The zero-order valence-corrected chi connectivity index (χ0v) is 33.7. The molecule has 0 saturated heterocycles. The lowest BCUT2D eigenvalue weighted by Crippen LogP contribution is -2.02. The number of benzene rings is 8. The number of hydrogen-bond acceptors (Lipinski definition) is 7. The molecule has 0 spiro atoms. The second-order valence-corrected chi connectivity index (χ2v) is 15.0. The van der Waals surface area contributed by atoms with Gasteiger partial charge >= 0.3 is 0 Å². The molecule has 0 N–H and O–H groups in total. The number of hydrogen-bond donors (Lipinski definition) is 0. The van der Waals surface area contributed by atoms with E-state index in [4.69, 9.17) is 15.0 Å². The van der Waals surface area contributed by atoms with Gasteiger partial charge in [0.25, 0.3) is 0 Å². The van der Waals surface area contributed by atoms with E-state index in [0.29, 0.717) is 62.0 Å². The summed E-state index contributed by atoms with van der Waals surface area (Å²) in [5.74, 6) is 1.08. The number of aromatic nitrogens is 4. The van der Waals surface area contributed by atoms with E-state index in [1.807, 2.05) is 121 Å². The monoisotopic (exact) mass is 820 g/mol. The van der Waals surface area contributed by atoms with E-state index in [1.54, 1.807) is 42.5 Å². The van der Waals surface area contributed by atoms with Crippen molar-refractivity contribution in [3.05, 3.63) is 204 Å². The molecule has 0 atom stereocenters. The Labute approximate surface area is 366 Å². The molecule has 0 aliphatic heterocycles. The van der Waals surface area contributed by atoms with Gasteiger partial charge in [-0.2, -0.15) is 21.0 Å². The smallest absolute Gasteiger partial charge is 0.164 e. The average Bonchev–Trinajstić information content (AvgIpc) is 3.68. The first-order valence-corrected chi connectivity index (χ1v) is 20.2. The van der Waals surface area contributed by atoms with Gasteiger partial charge < -0.3 is 4.57 Å². The molecule has 2 heterocycles. The van der Waals surface area contributed by atoms with Crippen LogP contribution in [0.5, 0.6) is 0 Å². The Morgan fingerprint density at radius 3 is 1.31 bits per heavy atom. The second kappa shape index (κ2) is 16.1. The third kappa shape index (κ3) is 6.94. The van der Waals surface area contributed by atoms with Gasteiger partial charge in [-0.05, 0) is 94.5 Å². The standard InChI is InChI=1S/C55H29FN8/c56-44-13-7-12-38(26-44)47-21-16-41(55-62-53(36-8-3-1-4-9-36)61-54(63-55)37-10-5-2-6-11-37)29-52(47)64-50-22-17-39(45-19-14-34(30-57)24-42(45)32-59)27-48(50)49-28-40(18-23-51(49)64)46-20-15-35(31-58)25-43(46)33-60/h1-29H.